The van der Waals surface area contributed by atoms with Crippen LogP contribution in [0.2, 0.25) is 0 Å². The quantitative estimate of drug-likeness (QED) is 0.543. The van der Waals surface area contributed by atoms with E-state index in [2.05, 4.69) is 5.32 Å². The third-order valence-electron chi connectivity index (χ3n) is 3.50. The highest BCUT2D eigenvalue weighted by Gasteiger charge is 2.43. The number of carbonyl (C=O) groups excluding carboxylic acids is 2. The maximum absolute atomic E-state index is 11.5. The molecule has 1 saturated carbocycles. The average Bonchev–Trinajstić information content (AvgIpc) is 2.67. The number of hydrogen-bond donors (Lipinski definition) is 3. The Hall–Kier alpha value is -1.14. The molecule has 0 heterocycles. The summed E-state index contributed by atoms with van der Waals surface area (Å²) in [7, 11) is 3.03. The zero-order valence-corrected chi connectivity index (χ0v) is 10.4. The molecule has 0 radical (unpaired) electrons. The van der Waals surface area contributed by atoms with Crippen LogP contribution in [0.3, 0.4) is 0 Å². The molecule has 0 aliphatic heterocycles. The zero-order chi connectivity index (χ0) is 13.1. The zero-order valence-electron chi connectivity index (χ0n) is 10.4. The van der Waals surface area contributed by atoms with Crippen molar-refractivity contribution in [2.45, 2.75) is 37.3 Å². The average molecular weight is 243 g/mol. The molecule has 6 heteroatoms. The first-order valence-corrected chi connectivity index (χ1v) is 5.77. The predicted molar refractivity (Wildman–Crippen MR) is 62.9 cm³/mol. The van der Waals surface area contributed by atoms with E-state index in [0.29, 0.717) is 19.3 Å². The summed E-state index contributed by atoms with van der Waals surface area (Å²) in [5, 5.41) is 2.87. The van der Waals surface area contributed by atoms with Gasteiger partial charge in [0.2, 0.25) is 5.91 Å². The molecule has 1 aliphatic rings. The number of amides is 1. The van der Waals surface area contributed by atoms with Gasteiger partial charge in [-0.05, 0) is 38.6 Å². The van der Waals surface area contributed by atoms with E-state index >= 15 is 0 Å². The molecule has 17 heavy (non-hydrogen) atoms. The van der Waals surface area contributed by atoms with Gasteiger partial charge >= 0.3 is 5.97 Å². The highest BCUT2D eigenvalue weighted by Crippen LogP contribution is 2.36. The lowest BCUT2D eigenvalue weighted by Gasteiger charge is -2.22. The van der Waals surface area contributed by atoms with Gasteiger partial charge in [0.25, 0.3) is 0 Å². The molecule has 0 saturated heterocycles. The van der Waals surface area contributed by atoms with E-state index in [0.717, 1.165) is 6.42 Å². The summed E-state index contributed by atoms with van der Waals surface area (Å²) in [6.07, 6.45) is 2.57. The number of nitrogens with one attached hydrogen (secondary N) is 1. The van der Waals surface area contributed by atoms with Crippen LogP contribution in [0.1, 0.15) is 25.7 Å². The van der Waals surface area contributed by atoms with Crippen molar-refractivity contribution in [1.29, 1.82) is 0 Å². The van der Waals surface area contributed by atoms with Crippen molar-refractivity contribution >= 4 is 11.9 Å². The van der Waals surface area contributed by atoms with Crippen LogP contribution < -0.4 is 16.8 Å². The third kappa shape index (κ3) is 3.17. The van der Waals surface area contributed by atoms with Crippen molar-refractivity contribution in [3.05, 3.63) is 0 Å². The van der Waals surface area contributed by atoms with E-state index in [-0.39, 0.29) is 23.8 Å². The SMILES string of the molecule is CNC(CC1CCC(N)(C(=O)OC)C1)C(N)=O. The number of hydrogen-bond acceptors (Lipinski definition) is 5. The van der Waals surface area contributed by atoms with Gasteiger partial charge in [0.1, 0.15) is 5.54 Å². The van der Waals surface area contributed by atoms with Crippen LogP contribution >= 0.6 is 0 Å². The Bertz CT molecular complexity index is 308. The lowest BCUT2D eigenvalue weighted by atomic mass is 9.93. The molecule has 3 unspecified atom stereocenters. The predicted octanol–water partition coefficient (Wildman–Crippen LogP) is -0.880. The summed E-state index contributed by atoms with van der Waals surface area (Å²) in [6.45, 7) is 0. The minimum absolute atomic E-state index is 0.226. The number of primary amides is 1. The van der Waals surface area contributed by atoms with E-state index in [4.69, 9.17) is 16.2 Å². The molecule has 3 atom stereocenters. The fraction of sp³-hybridized carbons (Fsp3) is 0.818. The van der Waals surface area contributed by atoms with Crippen LogP contribution in [-0.2, 0) is 14.3 Å². The lowest BCUT2D eigenvalue weighted by molar-refractivity contribution is -0.146. The Labute approximate surface area is 101 Å². The van der Waals surface area contributed by atoms with Crippen LogP contribution in [0.25, 0.3) is 0 Å². The van der Waals surface area contributed by atoms with Crippen molar-refractivity contribution in [2.24, 2.45) is 17.4 Å². The molecule has 0 aromatic rings. The fourth-order valence-electron chi connectivity index (χ4n) is 2.48. The Morgan fingerprint density at radius 3 is 2.71 bits per heavy atom. The number of nitrogens with two attached hydrogens (primary N) is 2. The van der Waals surface area contributed by atoms with Gasteiger partial charge in [0, 0.05) is 0 Å². The number of esters is 1. The normalized spacial score (nSPS) is 29.9. The van der Waals surface area contributed by atoms with Gasteiger partial charge in [-0.1, -0.05) is 0 Å². The summed E-state index contributed by atoms with van der Waals surface area (Å²) < 4.78 is 4.69. The van der Waals surface area contributed by atoms with Crippen LogP contribution in [-0.4, -0.2) is 37.6 Å². The van der Waals surface area contributed by atoms with Crippen molar-refractivity contribution in [1.82, 2.24) is 5.32 Å². The maximum atomic E-state index is 11.5. The van der Waals surface area contributed by atoms with E-state index in [9.17, 15) is 9.59 Å². The molecule has 1 amide bonds. The van der Waals surface area contributed by atoms with E-state index < -0.39 is 5.54 Å². The molecule has 0 bridgehead atoms. The van der Waals surface area contributed by atoms with Crippen LogP contribution in [0.4, 0.5) is 0 Å². The summed E-state index contributed by atoms with van der Waals surface area (Å²) in [4.78, 5) is 22.6. The summed E-state index contributed by atoms with van der Waals surface area (Å²) in [6, 6.07) is -0.361. The second-order valence-corrected chi connectivity index (χ2v) is 4.74. The molecule has 0 spiro atoms. The second-order valence-electron chi connectivity index (χ2n) is 4.74. The Balaban J connectivity index is 2.56. The highest BCUT2D eigenvalue weighted by molar-refractivity contribution is 5.81. The molecule has 1 fully saturated rings. The molecule has 0 aromatic carbocycles. The smallest absolute Gasteiger partial charge is 0.325 e. The second kappa shape index (κ2) is 5.46. The number of methoxy groups -OCH3 is 1. The molecule has 5 N–H and O–H groups in total. The minimum atomic E-state index is -0.893. The number of carbonyl (C=O) groups is 2. The van der Waals surface area contributed by atoms with E-state index in [1.807, 2.05) is 0 Å². The minimum Gasteiger partial charge on any atom is -0.468 e. The lowest BCUT2D eigenvalue weighted by Crippen LogP contribution is -2.47. The van der Waals surface area contributed by atoms with Crippen LogP contribution in [0, 0.1) is 5.92 Å². The molecule has 6 nitrogen and oxygen atoms in total. The standard InChI is InChI=1S/C11H21N3O3/c1-14-8(9(12)15)5-7-3-4-11(13,6-7)10(16)17-2/h7-8,14H,3-6,13H2,1-2H3,(H2,12,15). The van der Waals surface area contributed by atoms with Crippen LogP contribution in [0.5, 0.6) is 0 Å². The number of rotatable bonds is 5. The first kappa shape index (κ1) is 13.9. The van der Waals surface area contributed by atoms with Crippen molar-refractivity contribution in [2.75, 3.05) is 14.2 Å². The Kier molecular flexibility index (Phi) is 4.47. The van der Waals surface area contributed by atoms with Gasteiger partial charge in [0.05, 0.1) is 13.2 Å². The molecule has 98 valence electrons. The van der Waals surface area contributed by atoms with Crippen molar-refractivity contribution in [3.8, 4) is 0 Å². The Morgan fingerprint density at radius 2 is 2.24 bits per heavy atom. The molecular formula is C11H21N3O3. The number of likely N-dealkylation sites (N-methyl/N-ethyl adjacent to an activating group) is 1. The third-order valence-corrected chi connectivity index (χ3v) is 3.50. The van der Waals surface area contributed by atoms with Crippen LogP contribution in [0.15, 0.2) is 0 Å². The van der Waals surface area contributed by atoms with E-state index in [1.165, 1.54) is 7.11 Å². The summed E-state index contributed by atoms with van der Waals surface area (Å²) in [5.74, 6) is -0.524. The Morgan fingerprint density at radius 1 is 1.59 bits per heavy atom. The van der Waals surface area contributed by atoms with Crippen molar-refractivity contribution < 1.29 is 14.3 Å². The summed E-state index contributed by atoms with van der Waals surface area (Å²) in [5.41, 5.74) is 10.3. The van der Waals surface area contributed by atoms with Gasteiger partial charge in [-0.15, -0.1) is 0 Å². The fourth-order valence-corrected chi connectivity index (χ4v) is 2.48. The topological polar surface area (TPSA) is 107 Å². The van der Waals surface area contributed by atoms with Gasteiger partial charge in [-0.3, -0.25) is 9.59 Å². The van der Waals surface area contributed by atoms with Gasteiger partial charge in [-0.25, -0.2) is 0 Å². The highest BCUT2D eigenvalue weighted by atomic mass is 16.5. The van der Waals surface area contributed by atoms with Gasteiger partial charge < -0.3 is 21.5 Å². The monoisotopic (exact) mass is 243 g/mol. The van der Waals surface area contributed by atoms with Gasteiger partial charge in [-0.2, -0.15) is 0 Å². The maximum Gasteiger partial charge on any atom is 0.325 e. The van der Waals surface area contributed by atoms with E-state index in [1.54, 1.807) is 7.05 Å². The first-order valence-electron chi connectivity index (χ1n) is 5.77. The molecule has 0 aromatic heterocycles. The molecule has 1 rings (SSSR count). The molecule has 1 aliphatic carbocycles. The first-order chi connectivity index (χ1) is 7.92. The number of ether oxygens (including phenoxy) is 1. The summed E-state index contributed by atoms with van der Waals surface area (Å²) >= 11 is 0. The molecular weight excluding hydrogens is 222 g/mol. The largest absolute Gasteiger partial charge is 0.468 e. The van der Waals surface area contributed by atoms with Gasteiger partial charge in [0.15, 0.2) is 0 Å². The van der Waals surface area contributed by atoms with Crippen molar-refractivity contribution in [3.63, 3.8) is 0 Å².